The highest BCUT2D eigenvalue weighted by atomic mass is 79.9. The molecule has 0 aliphatic carbocycles. The van der Waals surface area contributed by atoms with Gasteiger partial charge in [-0.1, -0.05) is 28.1 Å². The predicted octanol–water partition coefficient (Wildman–Crippen LogP) is 5.32. The topological polar surface area (TPSA) is 18.5 Å². The number of alkyl halides is 1. The molecule has 0 N–H and O–H groups in total. The van der Waals surface area contributed by atoms with Crippen molar-refractivity contribution in [2.24, 2.45) is 0 Å². The number of hydrogen-bond acceptors (Lipinski definition) is 2. The SMILES string of the molecule is CCOc1ccc(C(Cl)c2ccc(OC)c(F)c2)c(Br)c1. The molecule has 0 heterocycles. The van der Waals surface area contributed by atoms with Gasteiger partial charge in [0.15, 0.2) is 11.6 Å². The molecule has 0 aliphatic rings. The van der Waals surface area contributed by atoms with Gasteiger partial charge in [-0.15, -0.1) is 11.6 Å². The summed E-state index contributed by atoms with van der Waals surface area (Å²) in [6.45, 7) is 2.52. The fourth-order valence-electron chi connectivity index (χ4n) is 1.99. The summed E-state index contributed by atoms with van der Waals surface area (Å²) in [5.74, 6) is 0.536. The van der Waals surface area contributed by atoms with Gasteiger partial charge in [0.05, 0.1) is 19.1 Å². The van der Waals surface area contributed by atoms with Gasteiger partial charge in [-0.05, 0) is 42.3 Å². The van der Waals surface area contributed by atoms with Crippen LogP contribution in [0.25, 0.3) is 0 Å². The quantitative estimate of drug-likeness (QED) is 0.660. The normalized spacial score (nSPS) is 12.0. The number of ether oxygens (including phenoxy) is 2. The molecule has 1 unspecified atom stereocenters. The molecule has 0 fully saturated rings. The Morgan fingerprint density at radius 3 is 2.57 bits per heavy atom. The molecular weight excluding hydrogens is 359 g/mol. The molecular formula is C16H15BrClFO2. The lowest BCUT2D eigenvalue weighted by molar-refractivity contribution is 0.340. The summed E-state index contributed by atoms with van der Waals surface area (Å²) in [5.41, 5.74) is 1.52. The third-order valence-electron chi connectivity index (χ3n) is 3.02. The van der Waals surface area contributed by atoms with Gasteiger partial charge in [0.1, 0.15) is 5.75 Å². The van der Waals surface area contributed by atoms with Gasteiger partial charge < -0.3 is 9.47 Å². The van der Waals surface area contributed by atoms with E-state index >= 15 is 0 Å². The van der Waals surface area contributed by atoms with E-state index in [2.05, 4.69) is 15.9 Å². The number of hydrogen-bond donors (Lipinski definition) is 0. The maximum atomic E-state index is 13.8. The van der Waals surface area contributed by atoms with Crippen molar-refractivity contribution in [1.82, 2.24) is 0 Å². The first kappa shape index (κ1) is 16.1. The van der Waals surface area contributed by atoms with E-state index in [0.29, 0.717) is 12.2 Å². The van der Waals surface area contributed by atoms with Crippen LogP contribution in [-0.2, 0) is 0 Å². The third kappa shape index (κ3) is 3.69. The lowest BCUT2D eigenvalue weighted by Crippen LogP contribution is -1.98. The Hall–Kier alpha value is -1.26. The van der Waals surface area contributed by atoms with Crippen LogP contribution in [0.2, 0.25) is 0 Å². The summed E-state index contributed by atoms with van der Waals surface area (Å²) in [6, 6.07) is 10.3. The first-order chi connectivity index (χ1) is 10.1. The molecule has 0 bridgehead atoms. The highest BCUT2D eigenvalue weighted by Gasteiger charge is 2.16. The van der Waals surface area contributed by atoms with Gasteiger partial charge >= 0.3 is 0 Å². The summed E-state index contributed by atoms with van der Waals surface area (Å²) in [7, 11) is 1.43. The lowest BCUT2D eigenvalue weighted by Gasteiger charge is -2.14. The summed E-state index contributed by atoms with van der Waals surface area (Å²) < 4.78 is 24.9. The van der Waals surface area contributed by atoms with Crippen LogP contribution in [0.3, 0.4) is 0 Å². The minimum atomic E-state index is -0.463. The van der Waals surface area contributed by atoms with Crippen molar-refractivity contribution < 1.29 is 13.9 Å². The van der Waals surface area contributed by atoms with Gasteiger partial charge in [-0.25, -0.2) is 4.39 Å². The van der Waals surface area contributed by atoms with Crippen molar-refractivity contribution in [1.29, 1.82) is 0 Å². The van der Waals surface area contributed by atoms with Gasteiger partial charge in [0.25, 0.3) is 0 Å². The Bertz CT molecular complexity index is 634. The summed E-state index contributed by atoms with van der Waals surface area (Å²) in [4.78, 5) is 0. The van der Waals surface area contributed by atoms with E-state index in [1.54, 1.807) is 12.1 Å². The van der Waals surface area contributed by atoms with Gasteiger partial charge in [0, 0.05) is 4.47 Å². The fraction of sp³-hybridized carbons (Fsp3) is 0.250. The van der Waals surface area contributed by atoms with Crippen molar-refractivity contribution in [2.75, 3.05) is 13.7 Å². The minimum absolute atomic E-state index is 0.202. The van der Waals surface area contributed by atoms with Crippen molar-refractivity contribution in [3.8, 4) is 11.5 Å². The van der Waals surface area contributed by atoms with Crippen LogP contribution in [-0.4, -0.2) is 13.7 Å². The van der Waals surface area contributed by atoms with Gasteiger partial charge in [-0.2, -0.15) is 0 Å². The zero-order valence-electron chi connectivity index (χ0n) is 11.7. The maximum absolute atomic E-state index is 13.8. The van der Waals surface area contributed by atoms with Crippen LogP contribution in [0.1, 0.15) is 23.4 Å². The summed E-state index contributed by atoms with van der Waals surface area (Å²) >= 11 is 9.93. The highest BCUT2D eigenvalue weighted by Crippen LogP contribution is 2.36. The molecule has 1 atom stereocenters. The minimum Gasteiger partial charge on any atom is -0.494 e. The first-order valence-electron chi connectivity index (χ1n) is 6.46. The second-order valence-electron chi connectivity index (χ2n) is 4.37. The monoisotopic (exact) mass is 372 g/mol. The molecule has 0 saturated heterocycles. The average Bonchev–Trinajstić information content (AvgIpc) is 2.47. The van der Waals surface area contributed by atoms with E-state index in [4.69, 9.17) is 21.1 Å². The fourth-order valence-corrected chi connectivity index (χ4v) is 3.03. The first-order valence-corrected chi connectivity index (χ1v) is 7.69. The zero-order valence-corrected chi connectivity index (χ0v) is 14.0. The number of halogens is 3. The zero-order chi connectivity index (χ0) is 15.4. The van der Waals surface area contributed by atoms with E-state index in [1.807, 2.05) is 25.1 Å². The van der Waals surface area contributed by atoms with Gasteiger partial charge in [0.2, 0.25) is 0 Å². The van der Waals surface area contributed by atoms with E-state index in [0.717, 1.165) is 15.8 Å². The Kier molecular flexibility index (Phi) is 5.48. The van der Waals surface area contributed by atoms with Crippen LogP contribution in [0, 0.1) is 5.82 Å². The predicted molar refractivity (Wildman–Crippen MR) is 86.0 cm³/mol. The molecule has 0 aromatic heterocycles. The molecule has 2 aromatic carbocycles. The van der Waals surface area contributed by atoms with E-state index in [9.17, 15) is 4.39 Å². The van der Waals surface area contributed by atoms with E-state index in [1.165, 1.54) is 13.2 Å². The largest absolute Gasteiger partial charge is 0.494 e. The van der Waals surface area contributed by atoms with Crippen molar-refractivity contribution in [2.45, 2.75) is 12.3 Å². The number of rotatable bonds is 5. The Balaban J connectivity index is 2.31. The Morgan fingerprint density at radius 1 is 1.24 bits per heavy atom. The van der Waals surface area contributed by atoms with Crippen LogP contribution in [0.15, 0.2) is 40.9 Å². The Morgan fingerprint density at radius 2 is 2.00 bits per heavy atom. The summed E-state index contributed by atoms with van der Waals surface area (Å²) in [5, 5.41) is -0.463. The molecule has 0 aliphatic heterocycles. The van der Waals surface area contributed by atoms with Crippen LogP contribution < -0.4 is 9.47 Å². The molecule has 0 spiro atoms. The molecule has 2 aromatic rings. The third-order valence-corrected chi connectivity index (χ3v) is 4.20. The molecule has 5 heteroatoms. The van der Waals surface area contributed by atoms with Crippen LogP contribution >= 0.6 is 27.5 Å². The second kappa shape index (κ2) is 7.14. The van der Waals surface area contributed by atoms with Crippen LogP contribution in [0.4, 0.5) is 4.39 Å². The number of methoxy groups -OCH3 is 1. The smallest absolute Gasteiger partial charge is 0.165 e. The average molecular weight is 374 g/mol. The number of benzene rings is 2. The van der Waals surface area contributed by atoms with Crippen LogP contribution in [0.5, 0.6) is 11.5 Å². The van der Waals surface area contributed by atoms with E-state index < -0.39 is 11.2 Å². The molecule has 112 valence electrons. The van der Waals surface area contributed by atoms with E-state index in [-0.39, 0.29) is 5.75 Å². The molecule has 2 nitrogen and oxygen atoms in total. The highest BCUT2D eigenvalue weighted by molar-refractivity contribution is 9.10. The van der Waals surface area contributed by atoms with Gasteiger partial charge in [-0.3, -0.25) is 0 Å². The van der Waals surface area contributed by atoms with Crippen molar-refractivity contribution in [3.63, 3.8) is 0 Å². The molecule has 0 radical (unpaired) electrons. The van der Waals surface area contributed by atoms with Crippen molar-refractivity contribution in [3.05, 3.63) is 57.8 Å². The second-order valence-corrected chi connectivity index (χ2v) is 5.66. The van der Waals surface area contributed by atoms with Crippen molar-refractivity contribution >= 4 is 27.5 Å². The standard InChI is InChI=1S/C16H15BrClFO2/c1-3-21-11-5-6-12(13(17)9-11)16(18)10-4-7-15(20-2)14(19)8-10/h4-9,16H,3H2,1-2H3. The molecule has 0 amide bonds. The Labute approximate surface area is 137 Å². The lowest BCUT2D eigenvalue weighted by atomic mass is 10.0. The molecule has 21 heavy (non-hydrogen) atoms. The molecule has 2 rings (SSSR count). The maximum Gasteiger partial charge on any atom is 0.165 e. The molecule has 0 saturated carbocycles. The summed E-state index contributed by atoms with van der Waals surface area (Å²) in [6.07, 6.45) is 0.